The van der Waals surface area contributed by atoms with Crippen LogP contribution in [0.25, 0.3) is 11.3 Å². The van der Waals surface area contributed by atoms with Gasteiger partial charge in [0.05, 0.1) is 39.7 Å². The van der Waals surface area contributed by atoms with Crippen LogP contribution < -0.4 is 23.7 Å². The maximum absolute atomic E-state index is 12.5. The molecule has 1 aromatic heterocycles. The molecule has 0 spiro atoms. The maximum Gasteiger partial charge on any atom is 0.345 e. The van der Waals surface area contributed by atoms with Gasteiger partial charge in [0.15, 0.2) is 0 Å². The number of ether oxygens (including phenoxy) is 5. The second-order valence-electron chi connectivity index (χ2n) is 5.81. The number of methoxy groups -OCH3 is 4. The molecule has 29 heavy (non-hydrogen) atoms. The van der Waals surface area contributed by atoms with E-state index >= 15 is 0 Å². The van der Waals surface area contributed by atoms with Gasteiger partial charge in [-0.1, -0.05) is 0 Å². The Morgan fingerprint density at radius 2 is 1.41 bits per heavy atom. The fourth-order valence-corrected chi connectivity index (χ4v) is 2.61. The van der Waals surface area contributed by atoms with Crippen LogP contribution in [0.2, 0.25) is 0 Å². The number of benzene rings is 2. The predicted octanol–water partition coefficient (Wildman–Crippen LogP) is 3.40. The summed E-state index contributed by atoms with van der Waals surface area (Å²) in [4.78, 5) is 12.5. The number of hydrogen-bond acceptors (Lipinski definition) is 8. The Labute approximate surface area is 168 Å². The topological polar surface area (TPSA) is 89.0 Å². The Bertz CT molecular complexity index is 982. The molecule has 0 bridgehead atoms. The Hall–Kier alpha value is -3.81. The number of hydrogen-bond donors (Lipinski definition) is 0. The Kier molecular flexibility index (Phi) is 6.13. The van der Waals surface area contributed by atoms with Crippen molar-refractivity contribution in [1.82, 2.24) is 10.2 Å². The van der Waals surface area contributed by atoms with E-state index in [2.05, 4.69) is 10.2 Å². The molecule has 0 N–H and O–H groups in total. The van der Waals surface area contributed by atoms with Gasteiger partial charge in [-0.25, -0.2) is 4.79 Å². The smallest absolute Gasteiger partial charge is 0.345 e. The molecule has 0 saturated carbocycles. The lowest BCUT2D eigenvalue weighted by Crippen LogP contribution is -2.10. The Morgan fingerprint density at radius 1 is 0.724 bits per heavy atom. The normalized spacial score (nSPS) is 10.2. The summed E-state index contributed by atoms with van der Waals surface area (Å²) >= 11 is 0. The van der Waals surface area contributed by atoms with Crippen LogP contribution in [0.5, 0.6) is 28.9 Å². The molecular formula is C21H20N2O6. The van der Waals surface area contributed by atoms with E-state index in [1.165, 1.54) is 14.2 Å². The number of esters is 1. The Balaban J connectivity index is 1.82. The van der Waals surface area contributed by atoms with E-state index in [1.807, 2.05) is 0 Å². The van der Waals surface area contributed by atoms with E-state index in [-0.39, 0.29) is 11.4 Å². The SMILES string of the molecule is COc1cc(OC)cc(C(=O)Oc2ccc(-c3cc(OC)ccc3OC)nn2)c1. The van der Waals surface area contributed by atoms with E-state index in [4.69, 9.17) is 23.7 Å². The van der Waals surface area contributed by atoms with Gasteiger partial charge in [0.1, 0.15) is 23.0 Å². The molecule has 0 fully saturated rings. The fraction of sp³-hybridized carbons (Fsp3) is 0.190. The molecule has 0 aliphatic rings. The largest absolute Gasteiger partial charge is 0.497 e. The van der Waals surface area contributed by atoms with Crippen LogP contribution in [0.3, 0.4) is 0 Å². The quantitative estimate of drug-likeness (QED) is 0.562. The zero-order chi connectivity index (χ0) is 20.8. The van der Waals surface area contributed by atoms with Crippen molar-refractivity contribution >= 4 is 5.97 Å². The molecule has 3 aromatic rings. The molecule has 150 valence electrons. The van der Waals surface area contributed by atoms with E-state index in [0.29, 0.717) is 34.3 Å². The summed E-state index contributed by atoms with van der Waals surface area (Å²) in [6.45, 7) is 0. The zero-order valence-electron chi connectivity index (χ0n) is 16.5. The lowest BCUT2D eigenvalue weighted by molar-refractivity contribution is 0.0725. The number of rotatable bonds is 7. The third kappa shape index (κ3) is 4.55. The summed E-state index contributed by atoms with van der Waals surface area (Å²) in [5, 5.41) is 8.12. The monoisotopic (exact) mass is 396 g/mol. The molecular weight excluding hydrogens is 376 g/mol. The molecule has 0 atom stereocenters. The van der Waals surface area contributed by atoms with Crippen LogP contribution in [-0.4, -0.2) is 44.6 Å². The van der Waals surface area contributed by atoms with Gasteiger partial charge in [0.2, 0.25) is 5.88 Å². The summed E-state index contributed by atoms with van der Waals surface area (Å²) < 4.78 is 26.3. The average Bonchev–Trinajstić information content (AvgIpc) is 2.78. The summed E-state index contributed by atoms with van der Waals surface area (Å²) in [7, 11) is 6.15. The van der Waals surface area contributed by atoms with Crippen LogP contribution in [0.4, 0.5) is 0 Å². The van der Waals surface area contributed by atoms with Gasteiger partial charge in [-0.3, -0.25) is 0 Å². The molecule has 0 aliphatic heterocycles. The van der Waals surface area contributed by atoms with Gasteiger partial charge in [0, 0.05) is 17.7 Å². The first-order valence-corrected chi connectivity index (χ1v) is 8.59. The lowest BCUT2D eigenvalue weighted by atomic mass is 10.1. The second kappa shape index (κ2) is 8.92. The standard InChI is InChI=1S/C21H20N2O6/c1-25-14-5-7-19(28-4)17(12-14)18-6-8-20(23-22-18)29-21(24)13-9-15(26-2)11-16(10-13)27-3/h5-12H,1-4H3. The highest BCUT2D eigenvalue weighted by Gasteiger charge is 2.15. The first-order chi connectivity index (χ1) is 14.1. The molecule has 8 nitrogen and oxygen atoms in total. The highest BCUT2D eigenvalue weighted by molar-refractivity contribution is 5.91. The zero-order valence-corrected chi connectivity index (χ0v) is 16.5. The summed E-state index contributed by atoms with van der Waals surface area (Å²) in [5.74, 6) is 1.68. The van der Waals surface area contributed by atoms with E-state index < -0.39 is 5.97 Å². The molecule has 0 unspecified atom stereocenters. The third-order valence-electron chi connectivity index (χ3n) is 4.11. The van der Waals surface area contributed by atoms with Crippen molar-refractivity contribution < 1.29 is 28.5 Å². The summed E-state index contributed by atoms with van der Waals surface area (Å²) in [6, 6.07) is 13.3. The highest BCUT2D eigenvalue weighted by atomic mass is 16.5. The molecule has 8 heteroatoms. The van der Waals surface area contributed by atoms with Crippen LogP contribution in [0.15, 0.2) is 48.5 Å². The van der Waals surface area contributed by atoms with Gasteiger partial charge >= 0.3 is 5.97 Å². The minimum absolute atomic E-state index is 0.0578. The van der Waals surface area contributed by atoms with Gasteiger partial charge in [-0.2, -0.15) is 0 Å². The number of carbonyl (C=O) groups excluding carboxylic acids is 1. The van der Waals surface area contributed by atoms with Crippen molar-refractivity contribution in [3.63, 3.8) is 0 Å². The fourth-order valence-electron chi connectivity index (χ4n) is 2.61. The van der Waals surface area contributed by atoms with Crippen LogP contribution >= 0.6 is 0 Å². The first kappa shape index (κ1) is 19.9. The molecule has 1 heterocycles. The van der Waals surface area contributed by atoms with Gasteiger partial charge in [-0.15, -0.1) is 10.2 Å². The molecule has 2 aromatic carbocycles. The molecule has 0 saturated heterocycles. The minimum atomic E-state index is -0.608. The second-order valence-corrected chi connectivity index (χ2v) is 5.81. The third-order valence-corrected chi connectivity index (χ3v) is 4.11. The van der Waals surface area contributed by atoms with Crippen LogP contribution in [0.1, 0.15) is 10.4 Å². The van der Waals surface area contributed by atoms with Gasteiger partial charge in [-0.05, 0) is 36.4 Å². The van der Waals surface area contributed by atoms with E-state index in [9.17, 15) is 4.79 Å². The predicted molar refractivity (Wildman–Crippen MR) is 105 cm³/mol. The average molecular weight is 396 g/mol. The van der Waals surface area contributed by atoms with Gasteiger partial charge in [0.25, 0.3) is 0 Å². The van der Waals surface area contributed by atoms with Crippen molar-refractivity contribution in [2.24, 2.45) is 0 Å². The van der Waals surface area contributed by atoms with Crippen molar-refractivity contribution in [1.29, 1.82) is 0 Å². The molecule has 0 aliphatic carbocycles. The summed E-state index contributed by atoms with van der Waals surface area (Å²) in [5.41, 5.74) is 1.51. The Morgan fingerprint density at radius 3 is 1.97 bits per heavy atom. The maximum atomic E-state index is 12.5. The molecule has 0 radical (unpaired) electrons. The van der Waals surface area contributed by atoms with Crippen molar-refractivity contribution in [3.05, 3.63) is 54.1 Å². The van der Waals surface area contributed by atoms with Crippen molar-refractivity contribution in [2.45, 2.75) is 0 Å². The minimum Gasteiger partial charge on any atom is -0.497 e. The highest BCUT2D eigenvalue weighted by Crippen LogP contribution is 2.32. The number of aromatic nitrogens is 2. The van der Waals surface area contributed by atoms with Crippen molar-refractivity contribution in [3.8, 4) is 40.1 Å². The van der Waals surface area contributed by atoms with Gasteiger partial charge < -0.3 is 23.7 Å². The van der Waals surface area contributed by atoms with E-state index in [0.717, 1.165) is 0 Å². The lowest BCUT2D eigenvalue weighted by Gasteiger charge is -2.10. The van der Waals surface area contributed by atoms with Crippen LogP contribution in [0, 0.1) is 0 Å². The number of carbonyl (C=O) groups is 1. The van der Waals surface area contributed by atoms with Crippen molar-refractivity contribution in [2.75, 3.05) is 28.4 Å². The van der Waals surface area contributed by atoms with Crippen LogP contribution in [-0.2, 0) is 0 Å². The molecule has 0 amide bonds. The van der Waals surface area contributed by atoms with E-state index in [1.54, 1.807) is 62.8 Å². The molecule has 3 rings (SSSR count). The first-order valence-electron chi connectivity index (χ1n) is 8.59. The number of nitrogens with zero attached hydrogens (tertiary/aromatic N) is 2. The summed E-state index contributed by atoms with van der Waals surface area (Å²) in [6.07, 6.45) is 0.